The molecule has 0 radical (unpaired) electrons. The topological polar surface area (TPSA) is 46.3 Å². The summed E-state index contributed by atoms with van der Waals surface area (Å²) in [6.45, 7) is 7.69. The number of hydrogen-bond acceptors (Lipinski definition) is 2. The molecule has 0 spiro atoms. The van der Waals surface area contributed by atoms with Gasteiger partial charge in [0.15, 0.2) is 0 Å². The van der Waals surface area contributed by atoms with Gasteiger partial charge in [-0.1, -0.05) is 19.8 Å². The summed E-state index contributed by atoms with van der Waals surface area (Å²) in [5.41, 5.74) is 5.36. The molecule has 1 aliphatic heterocycles. The quantitative estimate of drug-likeness (QED) is 0.820. The van der Waals surface area contributed by atoms with E-state index in [4.69, 9.17) is 5.73 Å². The predicted octanol–water partition coefficient (Wildman–Crippen LogP) is 2.40. The Morgan fingerprint density at radius 3 is 2.61 bits per heavy atom. The van der Waals surface area contributed by atoms with Crippen LogP contribution in [-0.4, -0.2) is 29.9 Å². The van der Waals surface area contributed by atoms with E-state index in [9.17, 15) is 4.79 Å². The Balaban J connectivity index is 2.15. The highest BCUT2D eigenvalue weighted by Crippen LogP contribution is 2.40. The van der Waals surface area contributed by atoms with Gasteiger partial charge in [0.1, 0.15) is 0 Å². The fourth-order valence-electron chi connectivity index (χ4n) is 3.64. The molecule has 0 aromatic heterocycles. The van der Waals surface area contributed by atoms with Crippen LogP contribution in [0.3, 0.4) is 0 Å². The molecule has 104 valence electrons. The second-order valence-electron chi connectivity index (χ2n) is 6.87. The van der Waals surface area contributed by atoms with Gasteiger partial charge in [0, 0.05) is 19.1 Å². The highest BCUT2D eigenvalue weighted by molar-refractivity contribution is 5.82. The molecule has 1 saturated carbocycles. The number of rotatable bonds is 2. The number of carbonyl (C=O) groups excluding carboxylic acids is 1. The largest absolute Gasteiger partial charge is 0.339 e. The Morgan fingerprint density at radius 1 is 1.28 bits per heavy atom. The number of amides is 1. The van der Waals surface area contributed by atoms with E-state index in [1.807, 2.05) is 13.8 Å². The predicted molar refractivity (Wildman–Crippen MR) is 74.1 cm³/mol. The molecule has 0 aromatic rings. The van der Waals surface area contributed by atoms with Crippen LogP contribution in [-0.2, 0) is 4.79 Å². The molecule has 2 N–H and O–H groups in total. The van der Waals surface area contributed by atoms with Gasteiger partial charge < -0.3 is 10.6 Å². The maximum atomic E-state index is 12.7. The lowest BCUT2D eigenvalue weighted by molar-refractivity contribution is -0.148. The lowest BCUT2D eigenvalue weighted by atomic mass is 9.72. The third kappa shape index (κ3) is 2.42. The zero-order chi connectivity index (χ0) is 13.3. The number of carbonyl (C=O) groups is 1. The van der Waals surface area contributed by atoms with Crippen LogP contribution in [0.15, 0.2) is 0 Å². The molecule has 2 rings (SSSR count). The standard InChI is InChI=1S/C15H28N2O/c1-11-8-9-17(14(18)15(2,3)10-16)13-7-5-4-6-12(11)13/h11-13H,4-10,16H2,1-3H3. The molecule has 0 aromatic carbocycles. The van der Waals surface area contributed by atoms with E-state index >= 15 is 0 Å². The van der Waals surface area contributed by atoms with Gasteiger partial charge in [-0.05, 0) is 44.9 Å². The molecule has 2 fully saturated rings. The Kier molecular flexibility index (Phi) is 4.00. The molecular formula is C15H28N2O. The zero-order valence-corrected chi connectivity index (χ0v) is 12.1. The minimum Gasteiger partial charge on any atom is -0.339 e. The number of nitrogens with zero attached hydrogens (tertiary/aromatic N) is 1. The van der Waals surface area contributed by atoms with Crippen molar-refractivity contribution in [2.45, 2.75) is 58.9 Å². The summed E-state index contributed by atoms with van der Waals surface area (Å²) in [6, 6.07) is 0.487. The van der Waals surface area contributed by atoms with Crippen molar-refractivity contribution in [2.24, 2.45) is 23.0 Å². The van der Waals surface area contributed by atoms with Gasteiger partial charge >= 0.3 is 0 Å². The van der Waals surface area contributed by atoms with E-state index in [0.717, 1.165) is 24.8 Å². The minimum absolute atomic E-state index is 0.272. The molecule has 3 nitrogen and oxygen atoms in total. The average molecular weight is 252 g/mol. The summed E-state index contributed by atoms with van der Waals surface area (Å²) in [5, 5.41) is 0. The van der Waals surface area contributed by atoms with Crippen LogP contribution >= 0.6 is 0 Å². The van der Waals surface area contributed by atoms with E-state index in [1.165, 1.54) is 25.7 Å². The third-order valence-electron chi connectivity index (χ3n) is 5.09. The smallest absolute Gasteiger partial charge is 0.229 e. The summed E-state index contributed by atoms with van der Waals surface area (Å²) < 4.78 is 0. The fraction of sp³-hybridized carbons (Fsp3) is 0.933. The Morgan fingerprint density at radius 2 is 1.94 bits per heavy atom. The van der Waals surface area contributed by atoms with Crippen LogP contribution in [0, 0.1) is 17.3 Å². The molecule has 18 heavy (non-hydrogen) atoms. The third-order valence-corrected chi connectivity index (χ3v) is 5.09. The second kappa shape index (κ2) is 5.20. The summed E-state index contributed by atoms with van der Waals surface area (Å²) in [6.07, 6.45) is 6.28. The van der Waals surface area contributed by atoms with Gasteiger partial charge in [-0.3, -0.25) is 4.79 Å². The maximum absolute atomic E-state index is 12.7. The van der Waals surface area contributed by atoms with Gasteiger partial charge in [0.25, 0.3) is 0 Å². The highest BCUT2D eigenvalue weighted by atomic mass is 16.2. The van der Waals surface area contributed by atoms with Crippen molar-refractivity contribution >= 4 is 5.91 Å². The lowest BCUT2D eigenvalue weighted by Crippen LogP contribution is -2.56. The Hall–Kier alpha value is -0.570. The van der Waals surface area contributed by atoms with Crippen molar-refractivity contribution in [1.82, 2.24) is 4.90 Å². The van der Waals surface area contributed by atoms with Crippen molar-refractivity contribution in [3.05, 3.63) is 0 Å². The lowest BCUT2D eigenvalue weighted by Gasteiger charge is -2.49. The fourth-order valence-corrected chi connectivity index (χ4v) is 3.64. The summed E-state index contributed by atoms with van der Waals surface area (Å²) >= 11 is 0. The van der Waals surface area contributed by atoms with Gasteiger partial charge in [-0.15, -0.1) is 0 Å². The first-order chi connectivity index (χ1) is 8.47. The molecule has 1 saturated heterocycles. The Labute approximate surface area is 111 Å². The van der Waals surface area contributed by atoms with Gasteiger partial charge in [-0.2, -0.15) is 0 Å². The minimum atomic E-state index is -0.400. The molecular weight excluding hydrogens is 224 g/mol. The number of likely N-dealkylation sites (tertiary alicyclic amines) is 1. The van der Waals surface area contributed by atoms with Crippen LogP contribution in [0.2, 0.25) is 0 Å². The number of nitrogens with two attached hydrogens (primary N) is 1. The molecule has 1 heterocycles. The van der Waals surface area contributed by atoms with Crippen LogP contribution in [0.25, 0.3) is 0 Å². The number of piperidine rings is 1. The van der Waals surface area contributed by atoms with E-state index < -0.39 is 5.41 Å². The van der Waals surface area contributed by atoms with Gasteiger partial charge in [-0.25, -0.2) is 0 Å². The summed E-state index contributed by atoms with van der Waals surface area (Å²) in [5.74, 6) is 1.78. The number of hydrogen-bond donors (Lipinski definition) is 1. The van der Waals surface area contributed by atoms with Crippen molar-refractivity contribution < 1.29 is 4.79 Å². The first-order valence-corrected chi connectivity index (χ1v) is 7.48. The monoisotopic (exact) mass is 252 g/mol. The molecule has 1 aliphatic carbocycles. The molecule has 2 aliphatic rings. The van der Waals surface area contributed by atoms with Crippen LogP contribution < -0.4 is 5.73 Å². The molecule has 1 amide bonds. The molecule has 3 atom stereocenters. The SMILES string of the molecule is CC1CCN(C(=O)C(C)(C)CN)C2CCCCC12. The van der Waals surface area contributed by atoms with E-state index in [1.54, 1.807) is 0 Å². The molecule has 0 bridgehead atoms. The van der Waals surface area contributed by atoms with Gasteiger partial charge in [0.2, 0.25) is 5.91 Å². The summed E-state index contributed by atoms with van der Waals surface area (Å²) in [7, 11) is 0. The highest BCUT2D eigenvalue weighted by Gasteiger charge is 2.42. The van der Waals surface area contributed by atoms with Crippen molar-refractivity contribution in [3.8, 4) is 0 Å². The zero-order valence-electron chi connectivity index (χ0n) is 12.1. The van der Waals surface area contributed by atoms with E-state index in [0.29, 0.717) is 12.6 Å². The summed E-state index contributed by atoms with van der Waals surface area (Å²) in [4.78, 5) is 14.8. The number of fused-ring (bicyclic) bond motifs is 1. The van der Waals surface area contributed by atoms with Crippen molar-refractivity contribution in [2.75, 3.05) is 13.1 Å². The molecule has 3 unspecified atom stereocenters. The normalized spacial score (nSPS) is 33.1. The Bertz CT molecular complexity index is 314. The average Bonchev–Trinajstić information content (AvgIpc) is 2.39. The first kappa shape index (κ1) is 13.9. The van der Waals surface area contributed by atoms with Crippen LogP contribution in [0.4, 0.5) is 0 Å². The molecule has 3 heteroatoms. The first-order valence-electron chi connectivity index (χ1n) is 7.48. The van der Waals surface area contributed by atoms with Crippen LogP contribution in [0.1, 0.15) is 52.9 Å². The van der Waals surface area contributed by atoms with Crippen molar-refractivity contribution in [3.63, 3.8) is 0 Å². The second-order valence-corrected chi connectivity index (χ2v) is 6.87. The van der Waals surface area contributed by atoms with Crippen molar-refractivity contribution in [1.29, 1.82) is 0 Å². The van der Waals surface area contributed by atoms with E-state index in [2.05, 4.69) is 11.8 Å². The maximum Gasteiger partial charge on any atom is 0.229 e. The van der Waals surface area contributed by atoms with Crippen LogP contribution in [0.5, 0.6) is 0 Å². The van der Waals surface area contributed by atoms with Gasteiger partial charge in [0.05, 0.1) is 5.41 Å². The van der Waals surface area contributed by atoms with E-state index in [-0.39, 0.29) is 5.91 Å².